The number of rotatable bonds is 4. The Kier molecular flexibility index (Phi) is 6.26. The van der Waals surface area contributed by atoms with E-state index >= 15 is 0 Å². The lowest BCUT2D eigenvalue weighted by Gasteiger charge is -2.09. The number of aromatic nitrogens is 3. The molecule has 0 aliphatic carbocycles. The molecule has 6 heteroatoms. The average Bonchev–Trinajstić information content (AvgIpc) is 3.89. The van der Waals surface area contributed by atoms with E-state index in [0.717, 1.165) is 38.6 Å². The zero-order chi connectivity index (χ0) is 33.5. The van der Waals surface area contributed by atoms with Gasteiger partial charge in [-0.3, -0.25) is 0 Å². The molecule has 4 aromatic heterocycles. The highest BCUT2D eigenvalue weighted by Gasteiger charge is 2.19. The van der Waals surface area contributed by atoms with Crippen LogP contribution in [-0.2, 0) is 0 Å². The summed E-state index contributed by atoms with van der Waals surface area (Å²) in [6.45, 7) is 0. The minimum Gasteiger partial charge on any atom is -0.455 e. The Morgan fingerprint density at radius 3 is 1.96 bits per heavy atom. The highest BCUT2D eigenvalue weighted by molar-refractivity contribution is 7.26. The third kappa shape index (κ3) is 4.47. The molecule has 4 heterocycles. The molecule has 0 amide bonds. The fraction of sp³-hybridized carbons (Fsp3) is 0. The van der Waals surface area contributed by atoms with Gasteiger partial charge in [-0.05, 0) is 35.9 Å². The van der Waals surface area contributed by atoms with Crippen molar-refractivity contribution in [2.75, 3.05) is 0 Å². The van der Waals surface area contributed by atoms with Crippen LogP contribution in [0.1, 0.15) is 0 Å². The van der Waals surface area contributed by atoms with Gasteiger partial charge in [-0.15, -0.1) is 22.7 Å². The summed E-state index contributed by atoms with van der Waals surface area (Å²) in [6, 6.07) is 53.1. The monoisotopic (exact) mass is 687 g/mol. The van der Waals surface area contributed by atoms with Gasteiger partial charge in [0, 0.05) is 67.8 Å². The van der Waals surface area contributed by atoms with Crippen LogP contribution in [0.2, 0.25) is 0 Å². The molecule has 0 saturated heterocycles. The van der Waals surface area contributed by atoms with Crippen LogP contribution in [0.4, 0.5) is 0 Å². The van der Waals surface area contributed by atoms with Crippen LogP contribution in [0, 0.1) is 0 Å². The quantitative estimate of drug-likeness (QED) is 0.185. The molecule has 7 aromatic carbocycles. The highest BCUT2D eigenvalue weighted by Crippen LogP contribution is 2.46. The first kappa shape index (κ1) is 28.6. The summed E-state index contributed by atoms with van der Waals surface area (Å²) in [6.07, 6.45) is 0. The van der Waals surface area contributed by atoms with Gasteiger partial charge in [0.1, 0.15) is 11.2 Å². The number of hydrogen-bond acceptors (Lipinski definition) is 6. The molecule has 0 spiro atoms. The average molecular weight is 688 g/mol. The standard InChI is InChI=1S/C45H25N3OS2/c1-2-11-26(12-3-1)43-46-44(48-45(47-43)35-19-8-16-31-28-13-4-6-20-36(28)49-41(31)35)27-23-24-34-39(25-27)50-38-22-10-15-30(40(34)38)33-18-9-17-32-29-14-5-7-21-37(29)51-42(32)33/h1-25H. The van der Waals surface area contributed by atoms with Gasteiger partial charge in [0.15, 0.2) is 17.5 Å². The largest absolute Gasteiger partial charge is 0.455 e. The second-order valence-electron chi connectivity index (χ2n) is 12.7. The normalized spacial score (nSPS) is 11.9. The summed E-state index contributed by atoms with van der Waals surface area (Å²) in [4.78, 5) is 15.2. The lowest BCUT2D eigenvalue weighted by molar-refractivity contribution is 0.669. The maximum Gasteiger partial charge on any atom is 0.167 e. The third-order valence-electron chi connectivity index (χ3n) is 9.76. The molecule has 0 aliphatic rings. The predicted octanol–water partition coefficient (Wildman–Crippen LogP) is 13.2. The molecule has 11 aromatic rings. The third-order valence-corrected chi connectivity index (χ3v) is 12.1. The zero-order valence-corrected chi connectivity index (χ0v) is 28.6. The Hall–Kier alpha value is -6.21. The second kappa shape index (κ2) is 11.2. The molecule has 0 saturated carbocycles. The first-order valence-corrected chi connectivity index (χ1v) is 18.5. The highest BCUT2D eigenvalue weighted by atomic mass is 32.1. The topological polar surface area (TPSA) is 51.8 Å². The van der Waals surface area contributed by atoms with Crippen molar-refractivity contribution >= 4 is 85.0 Å². The molecule has 0 unspecified atom stereocenters. The molecular weight excluding hydrogens is 663 g/mol. The van der Waals surface area contributed by atoms with Crippen molar-refractivity contribution in [1.29, 1.82) is 0 Å². The van der Waals surface area contributed by atoms with E-state index in [0.29, 0.717) is 17.5 Å². The SMILES string of the molecule is c1ccc(-c2nc(-c3ccc4c(c3)sc3cccc(-c5cccc6c5sc5ccccc56)c34)nc(-c3cccc4c3oc3ccccc34)n2)cc1. The molecule has 0 atom stereocenters. The van der Waals surface area contributed by atoms with Gasteiger partial charge in [0.05, 0.1) is 5.56 Å². The van der Waals surface area contributed by atoms with Crippen molar-refractivity contribution in [3.63, 3.8) is 0 Å². The summed E-state index contributed by atoms with van der Waals surface area (Å²) in [5.41, 5.74) is 6.87. The van der Waals surface area contributed by atoms with Gasteiger partial charge in [0.25, 0.3) is 0 Å². The Balaban J connectivity index is 1.10. The lowest BCUT2D eigenvalue weighted by Crippen LogP contribution is -2.00. The number of nitrogens with zero attached hydrogens (tertiary/aromatic N) is 3. The molecule has 238 valence electrons. The van der Waals surface area contributed by atoms with Crippen LogP contribution in [0.15, 0.2) is 156 Å². The first-order chi connectivity index (χ1) is 25.3. The van der Waals surface area contributed by atoms with E-state index in [1.807, 2.05) is 83.3 Å². The minimum atomic E-state index is 0.582. The van der Waals surface area contributed by atoms with E-state index in [1.54, 1.807) is 0 Å². The number of para-hydroxylation sites is 2. The van der Waals surface area contributed by atoms with E-state index in [-0.39, 0.29) is 0 Å². The minimum absolute atomic E-state index is 0.582. The summed E-state index contributed by atoms with van der Waals surface area (Å²) in [5, 5.41) is 7.26. The fourth-order valence-corrected chi connectivity index (χ4v) is 9.82. The van der Waals surface area contributed by atoms with Crippen LogP contribution in [0.5, 0.6) is 0 Å². The van der Waals surface area contributed by atoms with E-state index in [4.69, 9.17) is 19.4 Å². The molecule has 0 aliphatic heterocycles. The van der Waals surface area contributed by atoms with Crippen LogP contribution >= 0.6 is 22.7 Å². The summed E-state index contributed by atoms with van der Waals surface area (Å²) >= 11 is 3.69. The smallest absolute Gasteiger partial charge is 0.167 e. The van der Waals surface area contributed by atoms with Crippen LogP contribution < -0.4 is 0 Å². The summed E-state index contributed by atoms with van der Waals surface area (Å²) in [5.74, 6) is 1.83. The van der Waals surface area contributed by atoms with Crippen LogP contribution in [0.25, 0.3) is 108 Å². The van der Waals surface area contributed by atoms with E-state index in [9.17, 15) is 0 Å². The van der Waals surface area contributed by atoms with Crippen LogP contribution in [0.3, 0.4) is 0 Å². The maximum atomic E-state index is 6.41. The number of benzene rings is 7. The van der Waals surface area contributed by atoms with Crippen molar-refractivity contribution in [1.82, 2.24) is 15.0 Å². The molecule has 51 heavy (non-hydrogen) atoms. The fourth-order valence-electron chi connectivity index (χ4n) is 7.41. The van der Waals surface area contributed by atoms with Crippen molar-refractivity contribution in [2.45, 2.75) is 0 Å². The molecular formula is C45H25N3OS2. The number of hydrogen-bond donors (Lipinski definition) is 0. The van der Waals surface area contributed by atoms with Gasteiger partial charge in [-0.1, -0.05) is 121 Å². The molecule has 11 rings (SSSR count). The van der Waals surface area contributed by atoms with E-state index in [1.165, 1.54) is 51.5 Å². The Morgan fingerprint density at radius 1 is 0.392 bits per heavy atom. The summed E-state index contributed by atoms with van der Waals surface area (Å²) < 4.78 is 11.5. The Bertz CT molecular complexity index is 3160. The zero-order valence-electron chi connectivity index (χ0n) is 27.0. The second-order valence-corrected chi connectivity index (χ2v) is 14.9. The maximum absolute atomic E-state index is 6.41. The number of fused-ring (bicyclic) bond motifs is 9. The van der Waals surface area contributed by atoms with Gasteiger partial charge >= 0.3 is 0 Å². The van der Waals surface area contributed by atoms with Gasteiger partial charge in [-0.2, -0.15) is 0 Å². The van der Waals surface area contributed by atoms with Gasteiger partial charge in [0.2, 0.25) is 0 Å². The summed E-state index contributed by atoms with van der Waals surface area (Å²) in [7, 11) is 0. The van der Waals surface area contributed by atoms with Crippen molar-refractivity contribution < 1.29 is 4.42 Å². The lowest BCUT2D eigenvalue weighted by atomic mass is 9.97. The molecule has 0 fully saturated rings. The number of furan rings is 1. The van der Waals surface area contributed by atoms with Gasteiger partial charge < -0.3 is 4.42 Å². The molecule has 0 radical (unpaired) electrons. The number of thiophene rings is 2. The Labute approximate surface area is 299 Å². The van der Waals surface area contributed by atoms with Crippen LogP contribution in [-0.4, -0.2) is 15.0 Å². The molecule has 0 bridgehead atoms. The van der Waals surface area contributed by atoms with Crippen molar-refractivity contribution in [2.24, 2.45) is 0 Å². The van der Waals surface area contributed by atoms with Crippen molar-refractivity contribution in [3.05, 3.63) is 152 Å². The predicted molar refractivity (Wildman–Crippen MR) is 215 cm³/mol. The Morgan fingerprint density at radius 2 is 1.06 bits per heavy atom. The first-order valence-electron chi connectivity index (χ1n) is 16.9. The molecule has 0 N–H and O–H groups in total. The van der Waals surface area contributed by atoms with Gasteiger partial charge in [-0.25, -0.2) is 15.0 Å². The van der Waals surface area contributed by atoms with E-state index < -0.39 is 0 Å². The molecule has 4 nitrogen and oxygen atoms in total. The van der Waals surface area contributed by atoms with E-state index in [2.05, 4.69) is 91.0 Å². The van der Waals surface area contributed by atoms with Crippen molar-refractivity contribution in [3.8, 4) is 45.3 Å².